The largest absolute Gasteiger partial charge is 0.463 e. The molecule has 0 heterocycles. The topological polar surface area (TPSA) is 35.5 Å². The maximum absolute atomic E-state index is 11.4. The Morgan fingerprint density at radius 3 is 2.61 bits per heavy atom. The van der Waals surface area contributed by atoms with Crippen molar-refractivity contribution in [1.29, 1.82) is 0 Å². The number of carbonyl (C=O) groups is 1. The molecule has 0 aliphatic rings. The molecule has 0 N–H and O–H groups in total. The summed E-state index contributed by atoms with van der Waals surface area (Å²) in [5.74, 6) is -0.285. The van der Waals surface area contributed by atoms with Crippen molar-refractivity contribution < 1.29 is 14.3 Å². The van der Waals surface area contributed by atoms with Crippen LogP contribution >= 0.6 is 0 Å². The Balaban J connectivity index is 2.43. The number of hydrogen-bond acceptors (Lipinski definition) is 3. The average molecular weight is 248 g/mol. The number of carbonyl (C=O) groups excluding carboxylic acids is 1. The number of rotatable bonds is 6. The normalized spacial score (nSPS) is 13.2. The second kappa shape index (κ2) is 7.67. The lowest BCUT2D eigenvalue weighted by molar-refractivity contribution is -0.138. The van der Waals surface area contributed by atoms with E-state index in [1.54, 1.807) is 19.9 Å². The molecule has 0 spiro atoms. The number of hydrogen-bond donors (Lipinski definition) is 0. The molecule has 0 radical (unpaired) electrons. The smallest absolute Gasteiger partial charge is 0.333 e. The third-order valence-electron chi connectivity index (χ3n) is 2.44. The van der Waals surface area contributed by atoms with Gasteiger partial charge in [0.15, 0.2) is 0 Å². The fourth-order valence-corrected chi connectivity index (χ4v) is 1.52. The first-order valence-corrected chi connectivity index (χ1v) is 6.14. The first-order valence-electron chi connectivity index (χ1n) is 6.14. The first kappa shape index (κ1) is 14.5. The van der Waals surface area contributed by atoms with Gasteiger partial charge in [-0.3, -0.25) is 0 Å². The molecule has 0 saturated carbocycles. The van der Waals surface area contributed by atoms with Gasteiger partial charge in [0.2, 0.25) is 0 Å². The Kier molecular flexibility index (Phi) is 6.15. The van der Waals surface area contributed by atoms with E-state index in [2.05, 4.69) is 0 Å². The van der Waals surface area contributed by atoms with Crippen molar-refractivity contribution in [2.75, 3.05) is 6.61 Å². The molecule has 1 atom stereocenters. The summed E-state index contributed by atoms with van der Waals surface area (Å²) in [7, 11) is 0. The molecule has 3 heteroatoms. The highest BCUT2D eigenvalue weighted by atomic mass is 16.5. The van der Waals surface area contributed by atoms with Gasteiger partial charge < -0.3 is 9.47 Å². The van der Waals surface area contributed by atoms with Crippen molar-refractivity contribution >= 4 is 5.97 Å². The number of ether oxygens (including phenoxy) is 2. The van der Waals surface area contributed by atoms with Gasteiger partial charge in [-0.1, -0.05) is 30.3 Å². The summed E-state index contributed by atoms with van der Waals surface area (Å²) in [5, 5.41) is 0. The minimum absolute atomic E-state index is 0.116. The lowest BCUT2D eigenvalue weighted by atomic mass is 10.2. The highest BCUT2D eigenvalue weighted by Gasteiger charge is 2.07. The zero-order valence-corrected chi connectivity index (χ0v) is 11.2. The Hall–Kier alpha value is -1.61. The van der Waals surface area contributed by atoms with E-state index in [-0.39, 0.29) is 12.1 Å². The zero-order valence-electron chi connectivity index (χ0n) is 11.2. The molecule has 3 nitrogen and oxygen atoms in total. The molecular weight excluding hydrogens is 228 g/mol. The predicted molar refractivity (Wildman–Crippen MR) is 71.1 cm³/mol. The molecule has 1 rings (SSSR count). The summed E-state index contributed by atoms with van der Waals surface area (Å²) in [6.07, 6.45) is 1.66. The maximum Gasteiger partial charge on any atom is 0.333 e. The van der Waals surface area contributed by atoms with Crippen molar-refractivity contribution in [2.45, 2.75) is 33.5 Å². The van der Waals surface area contributed by atoms with Crippen molar-refractivity contribution in [3.05, 3.63) is 47.5 Å². The van der Waals surface area contributed by atoms with E-state index in [0.29, 0.717) is 18.8 Å². The fraction of sp³-hybridized carbons (Fsp3) is 0.400. The van der Waals surface area contributed by atoms with Gasteiger partial charge in [-0.25, -0.2) is 4.79 Å². The lowest BCUT2D eigenvalue weighted by Gasteiger charge is -2.10. The van der Waals surface area contributed by atoms with Crippen LogP contribution in [0.4, 0.5) is 0 Å². The van der Waals surface area contributed by atoms with E-state index in [4.69, 9.17) is 9.47 Å². The molecule has 98 valence electrons. The summed E-state index contributed by atoms with van der Waals surface area (Å²) in [5.41, 5.74) is 1.70. The first-order chi connectivity index (χ1) is 8.63. The van der Waals surface area contributed by atoms with Crippen LogP contribution in [0, 0.1) is 0 Å². The standard InChI is InChI=1S/C15H20O3/c1-4-17-15(16)12(2)10-13(3)18-11-14-8-6-5-7-9-14/h5-10,13H,4,11H2,1-3H3/b12-10+/t13-/m0/s1. The lowest BCUT2D eigenvalue weighted by Crippen LogP contribution is -2.10. The van der Waals surface area contributed by atoms with Crippen LogP contribution in [0.5, 0.6) is 0 Å². The van der Waals surface area contributed by atoms with E-state index >= 15 is 0 Å². The molecule has 0 unspecified atom stereocenters. The van der Waals surface area contributed by atoms with Crippen molar-refractivity contribution in [1.82, 2.24) is 0 Å². The summed E-state index contributed by atoms with van der Waals surface area (Å²) >= 11 is 0. The van der Waals surface area contributed by atoms with Gasteiger partial charge in [-0.15, -0.1) is 0 Å². The highest BCUT2D eigenvalue weighted by molar-refractivity contribution is 5.87. The van der Waals surface area contributed by atoms with Crippen LogP contribution in [-0.4, -0.2) is 18.7 Å². The monoisotopic (exact) mass is 248 g/mol. The quantitative estimate of drug-likeness (QED) is 0.573. The third-order valence-corrected chi connectivity index (χ3v) is 2.44. The molecule has 0 bridgehead atoms. The molecule has 0 aliphatic heterocycles. The van der Waals surface area contributed by atoms with E-state index in [1.165, 1.54) is 0 Å². The van der Waals surface area contributed by atoms with Crippen LogP contribution in [0.15, 0.2) is 42.0 Å². The summed E-state index contributed by atoms with van der Waals surface area (Å²) in [6.45, 7) is 6.37. The van der Waals surface area contributed by atoms with Gasteiger partial charge in [0.25, 0.3) is 0 Å². The summed E-state index contributed by atoms with van der Waals surface area (Å²) in [4.78, 5) is 11.4. The minimum Gasteiger partial charge on any atom is -0.463 e. The van der Waals surface area contributed by atoms with Gasteiger partial charge in [-0.05, 0) is 32.4 Å². The van der Waals surface area contributed by atoms with Crippen molar-refractivity contribution in [3.63, 3.8) is 0 Å². The minimum atomic E-state index is -0.285. The molecular formula is C15H20O3. The molecule has 0 aromatic heterocycles. The fourth-order valence-electron chi connectivity index (χ4n) is 1.52. The van der Waals surface area contributed by atoms with Crippen LogP contribution in [0.25, 0.3) is 0 Å². The predicted octanol–water partition coefficient (Wildman–Crippen LogP) is 3.10. The van der Waals surface area contributed by atoms with Crippen LogP contribution in [0.3, 0.4) is 0 Å². The van der Waals surface area contributed by atoms with Gasteiger partial charge in [0, 0.05) is 5.57 Å². The Labute approximate surface area is 108 Å². The van der Waals surface area contributed by atoms with Crippen molar-refractivity contribution in [3.8, 4) is 0 Å². The van der Waals surface area contributed by atoms with Gasteiger partial charge in [0.1, 0.15) is 0 Å². The molecule has 18 heavy (non-hydrogen) atoms. The highest BCUT2D eigenvalue weighted by Crippen LogP contribution is 2.06. The Morgan fingerprint density at radius 2 is 2.00 bits per heavy atom. The third kappa shape index (κ3) is 5.15. The van der Waals surface area contributed by atoms with Crippen LogP contribution in [0.2, 0.25) is 0 Å². The van der Waals surface area contributed by atoms with Crippen LogP contribution in [0.1, 0.15) is 26.3 Å². The van der Waals surface area contributed by atoms with Gasteiger partial charge in [-0.2, -0.15) is 0 Å². The molecule has 1 aromatic carbocycles. The summed E-state index contributed by atoms with van der Waals surface area (Å²) < 4.78 is 10.5. The van der Waals surface area contributed by atoms with Gasteiger partial charge in [0.05, 0.1) is 19.3 Å². The summed E-state index contributed by atoms with van der Waals surface area (Å²) in [6, 6.07) is 9.94. The number of benzene rings is 1. The number of esters is 1. The zero-order chi connectivity index (χ0) is 13.4. The Bertz CT molecular complexity index is 395. The second-order valence-electron chi connectivity index (χ2n) is 4.07. The van der Waals surface area contributed by atoms with Crippen LogP contribution in [-0.2, 0) is 20.9 Å². The van der Waals surface area contributed by atoms with E-state index in [0.717, 1.165) is 5.56 Å². The molecule has 1 aromatic rings. The van der Waals surface area contributed by atoms with Gasteiger partial charge >= 0.3 is 5.97 Å². The second-order valence-corrected chi connectivity index (χ2v) is 4.07. The molecule has 0 saturated heterocycles. The van der Waals surface area contributed by atoms with E-state index in [9.17, 15) is 4.79 Å². The average Bonchev–Trinajstić information content (AvgIpc) is 2.38. The molecule has 0 aliphatic carbocycles. The SMILES string of the molecule is CCOC(=O)/C(C)=C/[C@H](C)OCc1ccccc1. The van der Waals surface area contributed by atoms with E-state index < -0.39 is 0 Å². The molecule has 0 amide bonds. The van der Waals surface area contributed by atoms with E-state index in [1.807, 2.05) is 37.3 Å². The van der Waals surface area contributed by atoms with Crippen molar-refractivity contribution in [2.24, 2.45) is 0 Å². The Morgan fingerprint density at radius 1 is 1.33 bits per heavy atom. The van der Waals surface area contributed by atoms with Crippen LogP contribution < -0.4 is 0 Å². The maximum atomic E-state index is 11.4. The molecule has 0 fully saturated rings.